The Bertz CT molecular complexity index is 1410. The van der Waals surface area contributed by atoms with Gasteiger partial charge in [0.25, 0.3) is 15.9 Å². The smallest absolute Gasteiger partial charge is 0.264 e. The average molecular weight is 509 g/mol. The Morgan fingerprint density at radius 2 is 1.86 bits per heavy atom. The Morgan fingerprint density at radius 3 is 2.53 bits per heavy atom. The van der Waals surface area contributed by atoms with Crippen molar-refractivity contribution in [3.63, 3.8) is 0 Å². The number of hydrogen-bond acceptors (Lipinski definition) is 8. The fourth-order valence-corrected chi connectivity index (χ4v) is 5.45. The summed E-state index contributed by atoms with van der Waals surface area (Å²) in [6, 6.07) is 11.0. The first-order chi connectivity index (χ1) is 17.2. The van der Waals surface area contributed by atoms with Crippen molar-refractivity contribution in [1.82, 2.24) is 14.9 Å². The van der Waals surface area contributed by atoms with Crippen molar-refractivity contribution < 1.29 is 18.3 Å². The van der Waals surface area contributed by atoms with E-state index in [9.17, 15) is 18.3 Å². The van der Waals surface area contributed by atoms with Gasteiger partial charge in [-0.2, -0.15) is 0 Å². The number of aliphatic hydroxyl groups is 1. The molecule has 2 heterocycles. The Kier molecular flexibility index (Phi) is 7.32. The highest BCUT2D eigenvalue weighted by atomic mass is 32.2. The van der Waals surface area contributed by atoms with Gasteiger partial charge in [-0.1, -0.05) is 6.07 Å². The second-order valence-corrected chi connectivity index (χ2v) is 10.3. The van der Waals surface area contributed by atoms with Crippen molar-refractivity contribution >= 4 is 38.4 Å². The first kappa shape index (κ1) is 25.3. The van der Waals surface area contributed by atoms with Crippen LogP contribution in [0.1, 0.15) is 29.6 Å². The molecule has 4 rings (SSSR count). The van der Waals surface area contributed by atoms with E-state index in [0.717, 1.165) is 0 Å². The molecule has 1 aromatic heterocycles. The zero-order chi connectivity index (χ0) is 25.8. The lowest BCUT2D eigenvalue weighted by molar-refractivity contribution is -0.0108. The van der Waals surface area contributed by atoms with Gasteiger partial charge in [0, 0.05) is 55.9 Å². The Morgan fingerprint density at radius 1 is 1.17 bits per heavy atom. The number of hydrogen-bond donors (Lipinski definition) is 3. The van der Waals surface area contributed by atoms with E-state index in [2.05, 4.69) is 19.7 Å². The normalized spacial score (nSPS) is 16.4. The molecule has 0 atom stereocenters. The van der Waals surface area contributed by atoms with Crippen LogP contribution in [-0.4, -0.2) is 65.7 Å². The van der Waals surface area contributed by atoms with Crippen LogP contribution < -0.4 is 10.5 Å². The minimum Gasteiger partial charge on any atom is -0.405 e. The molecule has 0 radical (unpaired) electrons. The molecular formula is C25H28N6O4S. The standard InChI is InChI=1S/C25H28N6O4S/c1-27-20(9-12-26)17-25(33)10-15-31(16-11-25)24(32)18-5-7-19(8-6-18)30-36(34,35)22-4-2-3-21-23(22)29-14-13-28-21/h2-9,12-14,30,33H,10-11,15-17,26H2,1H3. The van der Waals surface area contributed by atoms with Gasteiger partial charge in [0.2, 0.25) is 0 Å². The molecule has 10 nitrogen and oxygen atoms in total. The number of benzene rings is 2. The van der Waals surface area contributed by atoms with Gasteiger partial charge < -0.3 is 15.7 Å². The van der Waals surface area contributed by atoms with Crippen LogP contribution in [0, 0.1) is 0 Å². The van der Waals surface area contributed by atoms with E-state index in [-0.39, 0.29) is 16.3 Å². The van der Waals surface area contributed by atoms with Crippen molar-refractivity contribution in [2.24, 2.45) is 10.7 Å². The van der Waals surface area contributed by atoms with Crippen LogP contribution in [-0.2, 0) is 10.0 Å². The van der Waals surface area contributed by atoms with Gasteiger partial charge in [-0.05, 0) is 61.5 Å². The summed E-state index contributed by atoms with van der Waals surface area (Å²) in [6.07, 6.45) is 7.21. The highest BCUT2D eigenvalue weighted by molar-refractivity contribution is 7.93. The largest absolute Gasteiger partial charge is 0.405 e. The SMILES string of the molecule is CN=C(C=CN)CC1(O)CCN(C(=O)c2ccc(NS(=O)(=O)c3cccc4nccnc34)cc2)CC1. The molecule has 1 amide bonds. The van der Waals surface area contributed by atoms with Crippen LogP contribution in [0.15, 0.2) is 77.0 Å². The van der Waals surface area contributed by atoms with Crippen molar-refractivity contribution in [2.75, 3.05) is 24.9 Å². The molecule has 11 heteroatoms. The molecule has 2 aromatic carbocycles. The van der Waals surface area contributed by atoms with Crippen molar-refractivity contribution in [3.8, 4) is 0 Å². The number of allylic oxidation sites excluding steroid dienone is 1. The van der Waals surface area contributed by atoms with E-state index >= 15 is 0 Å². The number of aliphatic imine (C=N–C) groups is 1. The van der Waals surface area contributed by atoms with E-state index in [0.29, 0.717) is 54.8 Å². The second kappa shape index (κ2) is 10.4. The fraction of sp³-hybridized carbons (Fsp3) is 0.280. The number of para-hydroxylation sites is 1. The molecule has 1 aliphatic heterocycles. The van der Waals surface area contributed by atoms with Crippen molar-refractivity contribution in [1.29, 1.82) is 0 Å². The van der Waals surface area contributed by atoms with Crippen LogP contribution in [0.3, 0.4) is 0 Å². The number of anilines is 1. The van der Waals surface area contributed by atoms with Crippen LogP contribution in [0.25, 0.3) is 11.0 Å². The number of rotatable bonds is 7. The molecule has 1 aliphatic rings. The Balaban J connectivity index is 1.41. The van der Waals surface area contributed by atoms with Crippen LogP contribution in [0.5, 0.6) is 0 Å². The summed E-state index contributed by atoms with van der Waals surface area (Å²) in [4.78, 5) is 27.1. The summed E-state index contributed by atoms with van der Waals surface area (Å²) in [5.41, 5.74) is 6.70. The zero-order valence-electron chi connectivity index (χ0n) is 19.8. The van der Waals surface area contributed by atoms with Crippen molar-refractivity contribution in [3.05, 3.63) is 72.7 Å². The molecule has 0 unspecified atom stereocenters. The second-order valence-electron chi connectivity index (χ2n) is 8.63. The van der Waals surface area contributed by atoms with Crippen LogP contribution in [0.4, 0.5) is 5.69 Å². The van der Waals surface area contributed by atoms with Crippen molar-refractivity contribution in [2.45, 2.75) is 29.8 Å². The molecule has 1 saturated heterocycles. The maximum absolute atomic E-state index is 13.0. The van der Waals surface area contributed by atoms with Gasteiger partial charge in [-0.3, -0.25) is 24.5 Å². The van der Waals surface area contributed by atoms with Gasteiger partial charge in [-0.25, -0.2) is 8.42 Å². The number of amides is 1. The van der Waals surface area contributed by atoms with Gasteiger partial charge in [0.1, 0.15) is 10.4 Å². The molecule has 0 aliphatic carbocycles. The summed E-state index contributed by atoms with van der Waals surface area (Å²) in [7, 11) is -2.27. The first-order valence-corrected chi connectivity index (χ1v) is 12.9. The summed E-state index contributed by atoms with van der Waals surface area (Å²) in [6.45, 7) is 0.796. The molecule has 3 aromatic rings. The number of nitrogens with two attached hydrogens (primary N) is 1. The number of carbonyl (C=O) groups excluding carboxylic acids is 1. The van der Waals surface area contributed by atoms with E-state index in [1.54, 1.807) is 54.4 Å². The lowest BCUT2D eigenvalue weighted by Crippen LogP contribution is -2.47. The molecule has 188 valence electrons. The molecule has 0 saturated carbocycles. The number of fused-ring (bicyclic) bond motifs is 1. The number of carbonyl (C=O) groups is 1. The highest BCUT2D eigenvalue weighted by Crippen LogP contribution is 2.28. The Labute approximate surface area is 209 Å². The van der Waals surface area contributed by atoms with Gasteiger partial charge in [0.15, 0.2) is 0 Å². The van der Waals surface area contributed by atoms with Gasteiger partial charge in [0.05, 0.1) is 11.1 Å². The van der Waals surface area contributed by atoms with Gasteiger partial charge in [-0.15, -0.1) is 0 Å². The maximum Gasteiger partial charge on any atom is 0.264 e. The summed E-state index contributed by atoms with van der Waals surface area (Å²) in [5, 5.41) is 10.9. The number of nitrogens with one attached hydrogen (secondary N) is 1. The zero-order valence-corrected chi connectivity index (χ0v) is 20.6. The summed E-state index contributed by atoms with van der Waals surface area (Å²) >= 11 is 0. The third-order valence-corrected chi connectivity index (χ3v) is 7.62. The number of likely N-dealkylation sites (tertiary alicyclic amines) is 1. The third-order valence-electron chi connectivity index (χ3n) is 6.20. The molecule has 4 N–H and O–H groups in total. The minimum atomic E-state index is -3.92. The number of nitrogens with zero attached hydrogens (tertiary/aromatic N) is 4. The Hall–Kier alpha value is -3.83. The monoisotopic (exact) mass is 508 g/mol. The lowest BCUT2D eigenvalue weighted by Gasteiger charge is -2.38. The number of aromatic nitrogens is 2. The van der Waals surface area contributed by atoms with E-state index in [1.165, 1.54) is 24.7 Å². The van der Waals surface area contributed by atoms with E-state index < -0.39 is 15.6 Å². The lowest BCUT2D eigenvalue weighted by atomic mass is 9.86. The van der Waals surface area contributed by atoms with E-state index in [1.807, 2.05) is 0 Å². The summed E-state index contributed by atoms with van der Waals surface area (Å²) in [5.74, 6) is -0.179. The summed E-state index contributed by atoms with van der Waals surface area (Å²) < 4.78 is 28.5. The minimum absolute atomic E-state index is 0.0206. The van der Waals surface area contributed by atoms with Crippen LogP contribution in [0.2, 0.25) is 0 Å². The number of piperidine rings is 1. The predicted molar refractivity (Wildman–Crippen MR) is 138 cm³/mol. The molecule has 1 fully saturated rings. The highest BCUT2D eigenvalue weighted by Gasteiger charge is 2.34. The molecule has 36 heavy (non-hydrogen) atoms. The van der Waals surface area contributed by atoms with Crippen LogP contribution >= 0.6 is 0 Å². The predicted octanol–water partition coefficient (Wildman–Crippen LogP) is 2.33. The maximum atomic E-state index is 13.0. The average Bonchev–Trinajstić information content (AvgIpc) is 2.88. The quantitative estimate of drug-likeness (QED) is 0.414. The topological polar surface area (TPSA) is 151 Å². The van der Waals surface area contributed by atoms with E-state index in [4.69, 9.17) is 5.73 Å². The molecule has 0 bridgehead atoms. The fourth-order valence-electron chi connectivity index (χ4n) is 4.22. The van der Waals surface area contributed by atoms with Gasteiger partial charge >= 0.3 is 0 Å². The number of sulfonamides is 1. The molecule has 0 spiro atoms. The first-order valence-electron chi connectivity index (χ1n) is 11.4. The third kappa shape index (κ3) is 5.52. The molecular weight excluding hydrogens is 480 g/mol.